The second-order valence-electron chi connectivity index (χ2n) is 9.97. The highest BCUT2D eigenvalue weighted by atomic mass is 35.5. The van der Waals surface area contributed by atoms with Crippen molar-refractivity contribution in [2.75, 3.05) is 27.4 Å². The third-order valence-electron chi connectivity index (χ3n) is 6.44. The molecule has 0 radical (unpaired) electrons. The van der Waals surface area contributed by atoms with Gasteiger partial charge in [-0.3, -0.25) is 14.0 Å². The summed E-state index contributed by atoms with van der Waals surface area (Å²) in [6, 6.07) is 11.8. The quantitative estimate of drug-likeness (QED) is 0.339. The molecule has 2 aliphatic rings. The van der Waals surface area contributed by atoms with Gasteiger partial charge in [0.1, 0.15) is 17.3 Å². The van der Waals surface area contributed by atoms with Crippen molar-refractivity contribution in [2.24, 2.45) is 5.73 Å². The molecule has 1 aliphatic carbocycles. The number of alkyl halides is 1. The number of amides is 2. The predicted molar refractivity (Wildman–Crippen MR) is 153 cm³/mol. The number of nitrogens with two attached hydrogens (primary N) is 1. The van der Waals surface area contributed by atoms with E-state index in [1.165, 1.54) is 6.07 Å². The molecule has 0 atom stereocenters. The van der Waals surface area contributed by atoms with Crippen molar-refractivity contribution in [3.05, 3.63) is 70.1 Å². The molecule has 0 saturated heterocycles. The van der Waals surface area contributed by atoms with E-state index < -0.39 is 5.82 Å². The number of nitrogens with zero attached hydrogens (tertiary/aromatic N) is 1. The fourth-order valence-electron chi connectivity index (χ4n) is 4.21. The van der Waals surface area contributed by atoms with Crippen molar-refractivity contribution in [3.63, 3.8) is 0 Å². The summed E-state index contributed by atoms with van der Waals surface area (Å²) in [6.07, 6.45) is 3.09. The van der Waals surface area contributed by atoms with Crippen molar-refractivity contribution >= 4 is 23.9 Å². The maximum absolute atomic E-state index is 13.8. The van der Waals surface area contributed by atoms with Crippen LogP contribution in [0.25, 0.3) is 11.3 Å². The number of rotatable bonds is 8. The summed E-state index contributed by atoms with van der Waals surface area (Å²) >= 11 is 6.04. The van der Waals surface area contributed by atoms with Gasteiger partial charge in [-0.2, -0.15) is 0 Å². The number of hydrogen-bond donors (Lipinski definition) is 2. The Balaban J connectivity index is 0.000000868. The Morgan fingerprint density at radius 1 is 1.20 bits per heavy atom. The molecule has 5 rings (SSSR count). The Labute approximate surface area is 243 Å². The molecule has 2 aromatic carbocycles. The summed E-state index contributed by atoms with van der Waals surface area (Å²) in [5.74, 6) is 1.19. The number of carbonyl (C=O) groups is 2. The molecule has 0 spiro atoms. The van der Waals surface area contributed by atoms with E-state index in [4.69, 9.17) is 35.6 Å². The summed E-state index contributed by atoms with van der Waals surface area (Å²) in [5.41, 5.74) is 7.60. The highest BCUT2D eigenvalue weighted by molar-refractivity contribution is 6.31. The highest BCUT2D eigenvalue weighted by Crippen LogP contribution is 2.44. The lowest BCUT2D eigenvalue weighted by Crippen LogP contribution is -2.26. The van der Waals surface area contributed by atoms with Crippen LogP contribution in [-0.2, 0) is 16.6 Å². The number of ether oxygens (including phenoxy) is 3. The van der Waals surface area contributed by atoms with Crippen molar-refractivity contribution in [3.8, 4) is 28.5 Å². The van der Waals surface area contributed by atoms with E-state index in [-0.39, 0.29) is 28.9 Å². The van der Waals surface area contributed by atoms with E-state index in [0.29, 0.717) is 60.8 Å². The smallest absolute Gasteiger partial charge is 0.251 e. The Hall–Kier alpha value is -3.92. The van der Waals surface area contributed by atoms with Crippen LogP contribution in [0.3, 0.4) is 0 Å². The SMILES string of the molecule is CF.COc1cc(C(=O)NCCc2cc3c(c(-c4ccc(F)c(Cl)c4)n2)OCC3(C)C)ccc1OC1CC1.NC=O. The van der Waals surface area contributed by atoms with E-state index in [1.54, 1.807) is 37.4 Å². The van der Waals surface area contributed by atoms with Crippen LogP contribution in [0.4, 0.5) is 8.78 Å². The molecule has 2 amide bonds. The molecule has 1 aromatic heterocycles. The first-order valence-corrected chi connectivity index (χ1v) is 13.3. The third-order valence-corrected chi connectivity index (χ3v) is 6.73. The number of carbonyl (C=O) groups excluding carboxylic acids is 2. The second kappa shape index (κ2) is 14.1. The van der Waals surface area contributed by atoms with Crippen molar-refractivity contribution < 1.29 is 32.6 Å². The van der Waals surface area contributed by atoms with Crippen molar-refractivity contribution in [1.29, 1.82) is 0 Å². The van der Waals surface area contributed by atoms with Gasteiger partial charge in [-0.1, -0.05) is 25.4 Å². The van der Waals surface area contributed by atoms with Crippen LogP contribution < -0.4 is 25.3 Å². The molecule has 1 aliphatic heterocycles. The van der Waals surface area contributed by atoms with E-state index in [2.05, 4.69) is 24.9 Å². The number of methoxy groups -OCH3 is 1. The lowest BCUT2D eigenvalue weighted by molar-refractivity contribution is -0.106. The molecule has 220 valence electrons. The van der Waals surface area contributed by atoms with Crippen molar-refractivity contribution in [2.45, 2.75) is 44.6 Å². The van der Waals surface area contributed by atoms with Crippen LogP contribution in [0.1, 0.15) is 48.3 Å². The van der Waals surface area contributed by atoms with E-state index in [9.17, 15) is 13.6 Å². The summed E-state index contributed by atoms with van der Waals surface area (Å²) in [6.45, 7) is 5.12. The summed E-state index contributed by atoms with van der Waals surface area (Å²) in [5, 5.41) is 2.99. The van der Waals surface area contributed by atoms with Gasteiger partial charge >= 0.3 is 0 Å². The fraction of sp³-hybridized carbons (Fsp3) is 0.367. The second-order valence-corrected chi connectivity index (χ2v) is 10.4. The number of aromatic nitrogens is 1. The maximum atomic E-state index is 13.8. The van der Waals surface area contributed by atoms with E-state index in [1.807, 2.05) is 6.07 Å². The number of primary amides is 1. The number of fused-ring (bicyclic) bond motifs is 1. The molecule has 1 saturated carbocycles. The van der Waals surface area contributed by atoms with Gasteiger partial charge in [0.15, 0.2) is 11.5 Å². The summed E-state index contributed by atoms with van der Waals surface area (Å²) < 4.78 is 40.5. The molecule has 8 nitrogen and oxygen atoms in total. The zero-order chi connectivity index (χ0) is 30.2. The molecule has 0 unspecified atom stereocenters. The lowest BCUT2D eigenvalue weighted by Gasteiger charge is -2.17. The van der Waals surface area contributed by atoms with E-state index >= 15 is 0 Å². The molecule has 3 N–H and O–H groups in total. The molecular formula is C30H34ClF2N3O5. The summed E-state index contributed by atoms with van der Waals surface area (Å²) in [7, 11) is 2.06. The summed E-state index contributed by atoms with van der Waals surface area (Å²) in [4.78, 5) is 26.2. The van der Waals surface area contributed by atoms with Gasteiger partial charge in [-0.25, -0.2) is 9.37 Å². The molecule has 1 fully saturated rings. The highest BCUT2D eigenvalue weighted by Gasteiger charge is 2.35. The number of pyridine rings is 1. The van der Waals surface area contributed by atoms with Gasteiger partial charge in [0, 0.05) is 40.8 Å². The van der Waals surface area contributed by atoms with Gasteiger partial charge in [-0.15, -0.1) is 0 Å². The number of benzene rings is 2. The molecular weight excluding hydrogens is 556 g/mol. The third kappa shape index (κ3) is 7.85. The van der Waals surface area contributed by atoms with Crippen molar-refractivity contribution in [1.82, 2.24) is 10.3 Å². The van der Waals surface area contributed by atoms with Gasteiger partial charge < -0.3 is 25.3 Å². The number of nitrogens with one attached hydrogen (secondary N) is 1. The number of halogens is 3. The van der Waals surface area contributed by atoms with Crippen LogP contribution in [0.15, 0.2) is 42.5 Å². The van der Waals surface area contributed by atoms with Gasteiger partial charge in [-0.05, 0) is 55.3 Å². The average molecular weight is 590 g/mol. The molecule has 41 heavy (non-hydrogen) atoms. The Bertz CT molecular complexity index is 1380. The minimum absolute atomic E-state index is 0.0296. The Morgan fingerprint density at radius 2 is 1.90 bits per heavy atom. The van der Waals surface area contributed by atoms with Crippen LogP contribution >= 0.6 is 11.6 Å². The monoisotopic (exact) mass is 589 g/mol. The standard InChI is InChI=1S/C28H28ClFN2O4.CH3F.CH3NO/c1-28(2)15-35-26-20(28)14-18(32-25(26)16-4-8-22(30)21(29)12-16)10-11-31-27(33)17-5-9-23(24(13-17)34-3)36-19-6-7-19;1-2;2-1-3/h4-5,8-9,12-14,19H,6-7,10-11,15H2,1-3H3,(H,31,33);1H3;1H,(H2,2,3). The molecule has 2 heterocycles. The van der Waals surface area contributed by atoms with Crippen LogP contribution in [0.2, 0.25) is 5.02 Å². The zero-order valence-corrected chi connectivity index (χ0v) is 24.2. The number of hydrogen-bond acceptors (Lipinski definition) is 6. The Kier molecular flexibility index (Phi) is 10.9. The largest absolute Gasteiger partial charge is 0.493 e. The van der Waals surface area contributed by atoms with Crippen LogP contribution in [-0.4, -0.2) is 50.8 Å². The first kappa shape index (κ1) is 31.6. The zero-order valence-electron chi connectivity index (χ0n) is 23.4. The first-order chi connectivity index (χ1) is 19.7. The van der Waals surface area contributed by atoms with Crippen LogP contribution in [0, 0.1) is 5.82 Å². The normalized spacial score (nSPS) is 14.2. The minimum atomic E-state index is -0.485. The predicted octanol–water partition coefficient (Wildman–Crippen LogP) is 5.42. The van der Waals surface area contributed by atoms with Crippen LogP contribution in [0.5, 0.6) is 17.2 Å². The van der Waals surface area contributed by atoms with E-state index in [0.717, 1.165) is 24.1 Å². The molecule has 0 bridgehead atoms. The molecule has 11 heteroatoms. The fourth-order valence-corrected chi connectivity index (χ4v) is 4.39. The minimum Gasteiger partial charge on any atom is -0.493 e. The van der Waals surface area contributed by atoms with Gasteiger partial charge in [0.25, 0.3) is 5.91 Å². The maximum Gasteiger partial charge on any atom is 0.251 e. The van der Waals surface area contributed by atoms with Gasteiger partial charge in [0.2, 0.25) is 6.41 Å². The first-order valence-electron chi connectivity index (χ1n) is 13.0. The lowest BCUT2D eigenvalue weighted by atomic mass is 9.86. The average Bonchev–Trinajstić information content (AvgIpc) is 3.73. The Morgan fingerprint density at radius 3 is 2.54 bits per heavy atom. The topological polar surface area (TPSA) is 113 Å². The van der Waals surface area contributed by atoms with Gasteiger partial charge in [0.05, 0.1) is 32.0 Å². The molecule has 3 aromatic rings.